The van der Waals surface area contributed by atoms with Gasteiger partial charge in [0.15, 0.2) is 0 Å². The van der Waals surface area contributed by atoms with Gasteiger partial charge in [0.1, 0.15) is 12.1 Å². The summed E-state index contributed by atoms with van der Waals surface area (Å²) in [5, 5.41) is 20.1. The summed E-state index contributed by atoms with van der Waals surface area (Å²) in [5.74, 6) is 0. The molecule has 4 nitrogen and oxygen atoms in total. The van der Waals surface area contributed by atoms with Crippen LogP contribution < -0.4 is 5.43 Å². The van der Waals surface area contributed by atoms with Gasteiger partial charge in [-0.2, -0.15) is 28.8 Å². The highest BCUT2D eigenvalue weighted by molar-refractivity contribution is 8.00. The summed E-state index contributed by atoms with van der Waals surface area (Å²) in [7, 11) is 0. The van der Waals surface area contributed by atoms with Crippen molar-refractivity contribution in [1.29, 1.82) is 10.5 Å². The second kappa shape index (κ2) is 6.71. The predicted octanol–water partition coefficient (Wildman–Crippen LogP) is 4.42. The topological polar surface area (TPSA) is 72.0 Å². The summed E-state index contributed by atoms with van der Waals surface area (Å²) in [6.45, 7) is 0. The van der Waals surface area contributed by atoms with Crippen LogP contribution >= 0.6 is 35.0 Å². The molecule has 0 saturated heterocycles. The Kier molecular flexibility index (Phi) is 5.52. The van der Waals surface area contributed by atoms with Gasteiger partial charge in [-0.3, -0.25) is 5.43 Å². The SMILES string of the molecule is N#CC(C#N)=NNc1c(Cl)cc(SC(F)(F)F)cc1Cl. The number of alkyl halides is 3. The highest BCUT2D eigenvalue weighted by Crippen LogP contribution is 2.41. The minimum Gasteiger partial charge on any atom is -0.273 e. The zero-order chi connectivity index (χ0) is 15.3. The van der Waals surface area contributed by atoms with Gasteiger partial charge >= 0.3 is 5.51 Å². The molecular formula is C10H3Cl2F3N4S. The van der Waals surface area contributed by atoms with Gasteiger partial charge in [-0.1, -0.05) is 23.2 Å². The van der Waals surface area contributed by atoms with Gasteiger partial charge in [0.25, 0.3) is 0 Å². The number of nitrogens with one attached hydrogen (secondary N) is 1. The highest BCUT2D eigenvalue weighted by atomic mass is 35.5. The van der Waals surface area contributed by atoms with Crippen molar-refractivity contribution in [3.63, 3.8) is 0 Å². The first-order valence-electron chi connectivity index (χ1n) is 4.65. The Balaban J connectivity index is 3.05. The lowest BCUT2D eigenvalue weighted by Crippen LogP contribution is -2.00. The van der Waals surface area contributed by atoms with Crippen LogP contribution in [0.25, 0.3) is 0 Å². The Morgan fingerprint density at radius 2 is 1.70 bits per heavy atom. The second-order valence-electron chi connectivity index (χ2n) is 3.11. The molecule has 0 radical (unpaired) electrons. The molecule has 20 heavy (non-hydrogen) atoms. The summed E-state index contributed by atoms with van der Waals surface area (Å²) in [4.78, 5) is -0.192. The first kappa shape index (κ1) is 16.4. The molecule has 0 bridgehead atoms. The maximum atomic E-state index is 12.2. The van der Waals surface area contributed by atoms with Crippen molar-refractivity contribution in [2.24, 2.45) is 5.10 Å². The van der Waals surface area contributed by atoms with Crippen LogP contribution in [-0.4, -0.2) is 11.2 Å². The number of hydrazone groups is 1. The van der Waals surface area contributed by atoms with E-state index >= 15 is 0 Å². The van der Waals surface area contributed by atoms with Crippen LogP contribution in [0.3, 0.4) is 0 Å². The van der Waals surface area contributed by atoms with Crippen molar-refractivity contribution >= 4 is 46.4 Å². The molecule has 1 rings (SSSR count). The third-order valence-electron chi connectivity index (χ3n) is 1.74. The van der Waals surface area contributed by atoms with E-state index in [0.29, 0.717) is 0 Å². The molecule has 0 fully saturated rings. The zero-order valence-electron chi connectivity index (χ0n) is 9.29. The van der Waals surface area contributed by atoms with E-state index < -0.39 is 11.2 Å². The van der Waals surface area contributed by atoms with Crippen LogP contribution in [-0.2, 0) is 0 Å². The molecule has 0 amide bonds. The fourth-order valence-corrected chi connectivity index (χ4v) is 2.36. The average Bonchev–Trinajstić information content (AvgIpc) is 2.30. The van der Waals surface area contributed by atoms with Crippen molar-refractivity contribution in [3.8, 4) is 12.1 Å². The Morgan fingerprint density at radius 1 is 1.20 bits per heavy atom. The van der Waals surface area contributed by atoms with E-state index in [0.717, 1.165) is 12.1 Å². The van der Waals surface area contributed by atoms with Crippen LogP contribution in [0, 0.1) is 22.7 Å². The highest BCUT2D eigenvalue weighted by Gasteiger charge is 2.29. The normalized spacial score (nSPS) is 10.3. The van der Waals surface area contributed by atoms with Gasteiger partial charge in [0, 0.05) is 4.90 Å². The minimum absolute atomic E-state index is 0.00265. The lowest BCUT2D eigenvalue weighted by atomic mass is 10.3. The van der Waals surface area contributed by atoms with Crippen LogP contribution in [0.5, 0.6) is 0 Å². The summed E-state index contributed by atoms with van der Waals surface area (Å²) in [6.07, 6.45) is 0. The fourth-order valence-electron chi connectivity index (χ4n) is 1.04. The van der Waals surface area contributed by atoms with Crippen LogP contribution in [0.2, 0.25) is 10.0 Å². The number of rotatable bonds is 3. The fraction of sp³-hybridized carbons (Fsp3) is 0.100. The third-order valence-corrected chi connectivity index (χ3v) is 3.04. The maximum Gasteiger partial charge on any atom is 0.446 e. The zero-order valence-corrected chi connectivity index (χ0v) is 11.6. The largest absolute Gasteiger partial charge is 0.446 e. The molecule has 0 aliphatic heterocycles. The quantitative estimate of drug-likeness (QED) is 0.503. The van der Waals surface area contributed by atoms with E-state index in [2.05, 4.69) is 10.5 Å². The first-order chi connectivity index (χ1) is 9.26. The number of thioether (sulfide) groups is 1. The van der Waals surface area contributed by atoms with Gasteiger partial charge in [0.2, 0.25) is 5.71 Å². The number of anilines is 1. The molecule has 0 unspecified atom stereocenters. The number of hydrogen-bond acceptors (Lipinski definition) is 5. The van der Waals surface area contributed by atoms with Gasteiger partial charge < -0.3 is 0 Å². The number of hydrogen-bond donors (Lipinski definition) is 1. The van der Waals surface area contributed by atoms with Gasteiger partial charge in [-0.15, -0.1) is 0 Å². The molecule has 1 N–H and O–H groups in total. The number of nitriles is 2. The van der Waals surface area contributed by atoms with Crippen molar-refractivity contribution in [1.82, 2.24) is 0 Å². The number of halogens is 5. The summed E-state index contributed by atoms with van der Waals surface area (Å²) in [6, 6.07) is 5.07. The van der Waals surface area contributed by atoms with Crippen molar-refractivity contribution in [3.05, 3.63) is 22.2 Å². The molecule has 0 spiro atoms. The predicted molar refractivity (Wildman–Crippen MR) is 70.7 cm³/mol. The summed E-state index contributed by atoms with van der Waals surface area (Å²) >= 11 is 11.2. The van der Waals surface area contributed by atoms with Gasteiger partial charge in [-0.05, 0) is 23.9 Å². The van der Waals surface area contributed by atoms with Crippen molar-refractivity contribution < 1.29 is 13.2 Å². The lowest BCUT2D eigenvalue weighted by Gasteiger charge is -2.10. The molecule has 0 aliphatic rings. The summed E-state index contributed by atoms with van der Waals surface area (Å²) < 4.78 is 36.7. The third kappa shape index (κ3) is 4.82. The lowest BCUT2D eigenvalue weighted by molar-refractivity contribution is -0.0328. The number of benzene rings is 1. The molecule has 0 saturated carbocycles. The van der Waals surface area contributed by atoms with E-state index in [1.54, 1.807) is 0 Å². The Bertz CT molecular complexity index is 592. The summed E-state index contributed by atoms with van der Waals surface area (Å²) in [5.41, 5.74) is -2.68. The molecule has 1 aromatic rings. The molecule has 10 heteroatoms. The van der Waals surface area contributed by atoms with E-state index in [4.69, 9.17) is 33.7 Å². The molecule has 0 aliphatic carbocycles. The van der Waals surface area contributed by atoms with Gasteiger partial charge in [0.05, 0.1) is 15.7 Å². The maximum absolute atomic E-state index is 12.2. The monoisotopic (exact) mass is 338 g/mol. The molecule has 1 aromatic carbocycles. The van der Waals surface area contributed by atoms with E-state index in [1.807, 2.05) is 0 Å². The Labute approximate surface area is 125 Å². The molecule has 0 aromatic heterocycles. The molecule has 104 valence electrons. The van der Waals surface area contributed by atoms with Crippen LogP contribution in [0.15, 0.2) is 22.1 Å². The molecular weight excluding hydrogens is 336 g/mol. The Morgan fingerprint density at radius 3 is 2.10 bits per heavy atom. The van der Waals surface area contributed by atoms with Crippen molar-refractivity contribution in [2.45, 2.75) is 10.4 Å². The Hall–Kier alpha value is -1.61. The first-order valence-corrected chi connectivity index (χ1v) is 6.22. The van der Waals surface area contributed by atoms with E-state index in [9.17, 15) is 13.2 Å². The smallest absolute Gasteiger partial charge is 0.273 e. The minimum atomic E-state index is -4.46. The molecule has 0 heterocycles. The van der Waals surface area contributed by atoms with Crippen LogP contribution in [0.1, 0.15) is 0 Å². The standard InChI is InChI=1S/C10H3Cl2F3N4S/c11-7-1-6(20-10(13,14)15)2-8(12)9(7)19-18-5(3-16)4-17/h1-2,19H. The average molecular weight is 339 g/mol. The van der Waals surface area contributed by atoms with E-state index in [-0.39, 0.29) is 32.4 Å². The molecule has 0 atom stereocenters. The number of nitrogens with zero attached hydrogens (tertiary/aromatic N) is 3. The van der Waals surface area contributed by atoms with Crippen molar-refractivity contribution in [2.75, 3.05) is 5.43 Å². The second-order valence-corrected chi connectivity index (χ2v) is 5.06. The van der Waals surface area contributed by atoms with E-state index in [1.165, 1.54) is 12.1 Å². The van der Waals surface area contributed by atoms with Gasteiger partial charge in [-0.25, -0.2) is 0 Å². The van der Waals surface area contributed by atoms with Crippen LogP contribution in [0.4, 0.5) is 18.9 Å².